The van der Waals surface area contributed by atoms with Crippen molar-refractivity contribution in [1.82, 2.24) is 4.72 Å². The van der Waals surface area contributed by atoms with E-state index >= 15 is 0 Å². The third-order valence-corrected chi connectivity index (χ3v) is 4.70. The van der Waals surface area contributed by atoms with Crippen molar-refractivity contribution in [3.8, 4) is 0 Å². The molecule has 0 aliphatic heterocycles. The highest BCUT2D eigenvalue weighted by atomic mass is 35.5. The molecular formula is C15H13ClF2N2O3S. The number of nitrogens with one attached hydrogen (secondary N) is 2. The van der Waals surface area contributed by atoms with Crippen LogP contribution in [0.3, 0.4) is 0 Å². The highest BCUT2D eigenvalue weighted by Crippen LogP contribution is 2.15. The molecule has 0 atom stereocenters. The van der Waals surface area contributed by atoms with E-state index in [1.165, 1.54) is 24.3 Å². The van der Waals surface area contributed by atoms with E-state index < -0.39 is 27.6 Å². The first kappa shape index (κ1) is 18.3. The molecule has 0 aliphatic carbocycles. The number of carbonyl (C=O) groups excluding carboxylic acids is 1. The van der Waals surface area contributed by atoms with Crippen LogP contribution in [0.15, 0.2) is 47.4 Å². The van der Waals surface area contributed by atoms with E-state index in [0.717, 1.165) is 12.1 Å². The number of benzene rings is 2. The van der Waals surface area contributed by atoms with Crippen molar-refractivity contribution in [2.45, 2.75) is 11.3 Å². The van der Waals surface area contributed by atoms with Crippen LogP contribution in [0, 0.1) is 11.6 Å². The molecule has 128 valence electrons. The van der Waals surface area contributed by atoms with Crippen LogP contribution in [0.4, 0.5) is 14.5 Å². The van der Waals surface area contributed by atoms with Crippen molar-refractivity contribution in [2.24, 2.45) is 0 Å². The molecule has 2 rings (SSSR count). The Morgan fingerprint density at radius 2 is 1.75 bits per heavy atom. The lowest BCUT2D eigenvalue weighted by Gasteiger charge is -2.08. The van der Waals surface area contributed by atoms with Gasteiger partial charge in [-0.3, -0.25) is 4.79 Å². The molecule has 0 unspecified atom stereocenters. The number of hydrogen-bond acceptors (Lipinski definition) is 3. The SMILES string of the molecule is O=C(CCNS(=O)(=O)c1ccc(Cl)cc1)Nc1ccc(F)cc1F. The van der Waals surface area contributed by atoms with Gasteiger partial charge in [0.25, 0.3) is 0 Å². The fourth-order valence-electron chi connectivity index (χ4n) is 1.80. The summed E-state index contributed by atoms with van der Waals surface area (Å²) in [6, 6.07) is 8.25. The van der Waals surface area contributed by atoms with Gasteiger partial charge in [-0.25, -0.2) is 21.9 Å². The zero-order valence-electron chi connectivity index (χ0n) is 12.2. The molecule has 24 heavy (non-hydrogen) atoms. The van der Waals surface area contributed by atoms with Gasteiger partial charge in [0.15, 0.2) is 0 Å². The molecule has 2 N–H and O–H groups in total. The van der Waals surface area contributed by atoms with Crippen molar-refractivity contribution in [2.75, 3.05) is 11.9 Å². The largest absolute Gasteiger partial charge is 0.324 e. The highest BCUT2D eigenvalue weighted by Gasteiger charge is 2.14. The number of sulfonamides is 1. The van der Waals surface area contributed by atoms with E-state index in [1.54, 1.807) is 0 Å². The maximum atomic E-state index is 13.4. The van der Waals surface area contributed by atoms with Crippen molar-refractivity contribution < 1.29 is 22.0 Å². The molecule has 2 aromatic rings. The maximum Gasteiger partial charge on any atom is 0.240 e. The van der Waals surface area contributed by atoms with Crippen molar-refractivity contribution in [3.05, 3.63) is 59.1 Å². The smallest absolute Gasteiger partial charge is 0.240 e. The first-order chi connectivity index (χ1) is 11.3. The number of hydrogen-bond donors (Lipinski definition) is 2. The first-order valence-electron chi connectivity index (χ1n) is 6.78. The average Bonchev–Trinajstić information content (AvgIpc) is 2.50. The van der Waals surface area contributed by atoms with E-state index in [9.17, 15) is 22.0 Å². The minimum atomic E-state index is -3.77. The van der Waals surface area contributed by atoms with Gasteiger partial charge in [0, 0.05) is 24.1 Å². The summed E-state index contributed by atoms with van der Waals surface area (Å²) >= 11 is 5.68. The molecule has 5 nitrogen and oxygen atoms in total. The monoisotopic (exact) mass is 374 g/mol. The molecule has 2 aromatic carbocycles. The second-order valence-corrected chi connectivity index (χ2v) is 6.98. The van der Waals surface area contributed by atoms with Gasteiger partial charge in [0.05, 0.1) is 10.6 Å². The van der Waals surface area contributed by atoms with Gasteiger partial charge in [0.1, 0.15) is 11.6 Å². The van der Waals surface area contributed by atoms with Crippen LogP contribution in [0.2, 0.25) is 5.02 Å². The fraction of sp³-hybridized carbons (Fsp3) is 0.133. The lowest BCUT2D eigenvalue weighted by Crippen LogP contribution is -2.28. The van der Waals surface area contributed by atoms with Crippen LogP contribution >= 0.6 is 11.6 Å². The Bertz CT molecular complexity index is 842. The van der Waals surface area contributed by atoms with E-state index in [0.29, 0.717) is 11.1 Å². The van der Waals surface area contributed by atoms with Gasteiger partial charge in [-0.2, -0.15) is 0 Å². The molecule has 0 spiro atoms. The fourth-order valence-corrected chi connectivity index (χ4v) is 2.96. The van der Waals surface area contributed by atoms with Gasteiger partial charge in [-0.05, 0) is 36.4 Å². The Morgan fingerprint density at radius 1 is 1.08 bits per heavy atom. The summed E-state index contributed by atoms with van der Waals surface area (Å²) in [7, 11) is -3.77. The van der Waals surface area contributed by atoms with Crippen LogP contribution in [-0.2, 0) is 14.8 Å². The maximum absolute atomic E-state index is 13.4. The molecule has 0 saturated heterocycles. The molecule has 0 fully saturated rings. The Labute approximate surface area is 142 Å². The van der Waals surface area contributed by atoms with Crippen LogP contribution in [-0.4, -0.2) is 20.9 Å². The predicted octanol–water partition coefficient (Wildman–Crippen LogP) is 2.93. The van der Waals surface area contributed by atoms with Crippen LogP contribution < -0.4 is 10.0 Å². The van der Waals surface area contributed by atoms with E-state index in [1.807, 2.05) is 0 Å². The topological polar surface area (TPSA) is 75.3 Å². The summed E-state index contributed by atoms with van der Waals surface area (Å²) in [6.07, 6.45) is -0.219. The van der Waals surface area contributed by atoms with Crippen molar-refractivity contribution in [3.63, 3.8) is 0 Å². The second-order valence-electron chi connectivity index (χ2n) is 4.77. The van der Waals surface area contributed by atoms with Gasteiger partial charge < -0.3 is 5.32 Å². The number of anilines is 1. The van der Waals surface area contributed by atoms with Crippen molar-refractivity contribution >= 4 is 33.2 Å². The summed E-state index contributed by atoms with van der Waals surface area (Å²) in [5.41, 5.74) is -0.179. The minimum absolute atomic E-state index is 0.0110. The molecule has 0 saturated carbocycles. The molecule has 9 heteroatoms. The summed E-state index contributed by atoms with van der Waals surface area (Å²) in [5, 5.41) is 2.64. The number of carbonyl (C=O) groups is 1. The molecule has 0 aromatic heterocycles. The van der Waals surface area contributed by atoms with E-state index in [-0.39, 0.29) is 23.5 Å². The number of amides is 1. The highest BCUT2D eigenvalue weighted by molar-refractivity contribution is 7.89. The average molecular weight is 375 g/mol. The van der Waals surface area contributed by atoms with Crippen LogP contribution in [0.5, 0.6) is 0 Å². The van der Waals surface area contributed by atoms with Gasteiger partial charge in [-0.1, -0.05) is 11.6 Å². The summed E-state index contributed by atoms with van der Waals surface area (Å²) in [6.45, 7) is -0.181. The Morgan fingerprint density at radius 3 is 2.38 bits per heavy atom. The predicted molar refractivity (Wildman–Crippen MR) is 86.2 cm³/mol. The van der Waals surface area contributed by atoms with Gasteiger partial charge in [-0.15, -0.1) is 0 Å². The zero-order valence-corrected chi connectivity index (χ0v) is 13.8. The quantitative estimate of drug-likeness (QED) is 0.816. The molecule has 0 heterocycles. The summed E-state index contributed by atoms with van der Waals surface area (Å²) in [4.78, 5) is 11.7. The Hall–Kier alpha value is -2.03. The molecule has 0 radical (unpaired) electrons. The molecule has 0 aliphatic rings. The number of rotatable bonds is 6. The molecule has 1 amide bonds. The van der Waals surface area contributed by atoms with Crippen LogP contribution in [0.25, 0.3) is 0 Å². The normalized spacial score (nSPS) is 11.3. The van der Waals surface area contributed by atoms with Gasteiger partial charge >= 0.3 is 0 Å². The third kappa shape index (κ3) is 4.98. The second kappa shape index (κ2) is 7.69. The van der Waals surface area contributed by atoms with Gasteiger partial charge in [0.2, 0.25) is 15.9 Å². The van der Waals surface area contributed by atoms with Crippen molar-refractivity contribution in [1.29, 1.82) is 0 Å². The molecule has 0 bridgehead atoms. The van der Waals surface area contributed by atoms with E-state index in [4.69, 9.17) is 11.6 Å². The Kier molecular flexibility index (Phi) is 5.87. The summed E-state index contributed by atoms with van der Waals surface area (Å²) in [5.74, 6) is -2.29. The molecular weight excluding hydrogens is 362 g/mol. The van der Waals surface area contributed by atoms with Crippen LogP contribution in [0.1, 0.15) is 6.42 Å². The van der Waals surface area contributed by atoms with E-state index in [2.05, 4.69) is 10.0 Å². The standard InChI is InChI=1S/C15H13ClF2N2O3S/c16-10-1-4-12(5-2-10)24(22,23)19-8-7-15(21)20-14-6-3-11(17)9-13(14)18/h1-6,9,19H,7-8H2,(H,20,21). The minimum Gasteiger partial charge on any atom is -0.324 e. The lowest BCUT2D eigenvalue weighted by atomic mass is 10.3. The first-order valence-corrected chi connectivity index (χ1v) is 8.64. The third-order valence-electron chi connectivity index (χ3n) is 2.97. The summed E-state index contributed by atoms with van der Waals surface area (Å²) < 4.78 is 52.4. The zero-order chi connectivity index (χ0) is 17.7. The Balaban J connectivity index is 1.89. The lowest BCUT2D eigenvalue weighted by molar-refractivity contribution is -0.116. The number of halogens is 3.